The number of aromatic nitrogens is 1. The van der Waals surface area contributed by atoms with Gasteiger partial charge in [0.25, 0.3) is 0 Å². The van der Waals surface area contributed by atoms with Crippen molar-refractivity contribution in [3.63, 3.8) is 0 Å². The number of anilines is 3. The SMILES string of the molecule is CC(C)(C)c1ccc(N2c3cc(-c4ccccc4)cc4c3B(c3sc5cc6c(cc5c32)C(C)(C)CCC6(C)C)n2c3c-4cccc3c3ccc4ccccc4c32)c(-c2ccccc2)c1. The van der Waals surface area contributed by atoms with Crippen LogP contribution < -0.4 is 15.1 Å². The summed E-state index contributed by atoms with van der Waals surface area (Å²) < 4.78 is 5.56. The molecule has 0 saturated carbocycles. The fourth-order valence-electron chi connectivity index (χ4n) is 11.8. The molecule has 310 valence electrons. The average Bonchev–Trinajstić information content (AvgIpc) is 3.85. The normalized spacial score (nSPS) is 15.8. The maximum absolute atomic E-state index is 2.77. The van der Waals surface area contributed by atoms with Crippen molar-refractivity contribution in [3.8, 4) is 33.4 Å². The van der Waals surface area contributed by atoms with Crippen LogP contribution >= 0.6 is 11.3 Å². The Morgan fingerprint density at radius 3 is 1.94 bits per heavy atom. The largest absolute Gasteiger partial charge is 0.374 e. The lowest BCUT2D eigenvalue weighted by Crippen LogP contribution is -2.55. The summed E-state index contributed by atoms with van der Waals surface area (Å²) in [5.74, 6) is 0. The van der Waals surface area contributed by atoms with Crippen LogP contribution in [-0.2, 0) is 16.2 Å². The van der Waals surface area contributed by atoms with Gasteiger partial charge < -0.3 is 9.38 Å². The van der Waals surface area contributed by atoms with Gasteiger partial charge >= 0.3 is 6.85 Å². The first-order chi connectivity index (χ1) is 30.9. The van der Waals surface area contributed by atoms with Crippen LogP contribution in [0.15, 0.2) is 158 Å². The summed E-state index contributed by atoms with van der Waals surface area (Å²) in [5, 5.41) is 6.59. The van der Waals surface area contributed by atoms with Crippen LogP contribution in [0.1, 0.15) is 78.0 Å². The Hall–Kier alpha value is -6.36. The summed E-state index contributed by atoms with van der Waals surface area (Å²) in [6, 6.07) is 60.6. The highest BCUT2D eigenvalue weighted by Gasteiger charge is 2.47. The van der Waals surface area contributed by atoms with Gasteiger partial charge in [0.15, 0.2) is 0 Å². The summed E-state index contributed by atoms with van der Waals surface area (Å²) in [7, 11) is 0. The van der Waals surface area contributed by atoms with E-state index in [4.69, 9.17) is 0 Å². The van der Waals surface area contributed by atoms with Gasteiger partial charge in [-0.1, -0.05) is 170 Å². The molecule has 2 nitrogen and oxygen atoms in total. The predicted molar refractivity (Wildman–Crippen MR) is 278 cm³/mol. The molecule has 10 aromatic rings. The molecule has 0 spiro atoms. The van der Waals surface area contributed by atoms with Gasteiger partial charge in [0.05, 0.1) is 11.4 Å². The van der Waals surface area contributed by atoms with E-state index in [1.165, 1.54) is 133 Å². The molecule has 0 fully saturated rings. The van der Waals surface area contributed by atoms with Crippen molar-refractivity contribution in [2.24, 2.45) is 0 Å². The number of benzene rings is 8. The molecular weight excluding hydrogens is 792 g/mol. The van der Waals surface area contributed by atoms with E-state index in [1.807, 2.05) is 11.3 Å². The number of thiophene rings is 1. The van der Waals surface area contributed by atoms with E-state index >= 15 is 0 Å². The quantitative estimate of drug-likeness (QED) is 0.161. The van der Waals surface area contributed by atoms with E-state index in [-0.39, 0.29) is 23.1 Å². The predicted octanol–water partition coefficient (Wildman–Crippen LogP) is 15.6. The minimum absolute atomic E-state index is 0.0214. The first kappa shape index (κ1) is 38.1. The van der Waals surface area contributed by atoms with E-state index in [2.05, 4.69) is 216 Å². The van der Waals surface area contributed by atoms with Crippen molar-refractivity contribution in [1.29, 1.82) is 0 Å². The highest BCUT2D eigenvalue weighted by Crippen LogP contribution is 2.55. The second-order valence-corrected chi connectivity index (χ2v) is 22.2. The number of hydrogen-bond donors (Lipinski definition) is 0. The van der Waals surface area contributed by atoms with Gasteiger partial charge in [0.1, 0.15) is 0 Å². The first-order valence-electron chi connectivity index (χ1n) is 23.2. The summed E-state index contributed by atoms with van der Waals surface area (Å²) in [5.41, 5.74) is 19.9. The summed E-state index contributed by atoms with van der Waals surface area (Å²) in [6.07, 6.45) is 2.36. The van der Waals surface area contributed by atoms with E-state index in [1.54, 1.807) is 0 Å². The fourth-order valence-corrected chi connectivity index (χ4v) is 13.2. The topological polar surface area (TPSA) is 8.17 Å². The minimum Gasteiger partial charge on any atom is -0.374 e. The second kappa shape index (κ2) is 13.1. The van der Waals surface area contributed by atoms with Gasteiger partial charge in [-0.2, -0.15) is 0 Å². The monoisotopic (exact) mass is 842 g/mol. The lowest BCUT2D eigenvalue weighted by molar-refractivity contribution is 0.332. The van der Waals surface area contributed by atoms with Crippen LogP contribution in [0, 0.1) is 0 Å². The molecule has 2 aliphatic heterocycles. The molecule has 13 rings (SSSR count). The number of nitrogens with zero attached hydrogens (tertiary/aromatic N) is 2. The maximum Gasteiger partial charge on any atom is 0.343 e. The van der Waals surface area contributed by atoms with Gasteiger partial charge in [-0.05, 0) is 115 Å². The molecule has 2 aromatic heterocycles. The zero-order valence-electron chi connectivity index (χ0n) is 37.8. The molecule has 4 heteroatoms. The van der Waals surface area contributed by atoms with Crippen LogP contribution in [-0.4, -0.2) is 11.3 Å². The van der Waals surface area contributed by atoms with Crippen molar-refractivity contribution in [3.05, 3.63) is 174 Å². The van der Waals surface area contributed by atoms with Crippen LogP contribution in [0.4, 0.5) is 17.1 Å². The molecule has 0 unspecified atom stereocenters. The smallest absolute Gasteiger partial charge is 0.343 e. The molecule has 4 heterocycles. The lowest BCUT2D eigenvalue weighted by atomic mass is 9.48. The highest BCUT2D eigenvalue weighted by molar-refractivity contribution is 7.32. The van der Waals surface area contributed by atoms with Crippen molar-refractivity contribution in [2.45, 2.75) is 77.6 Å². The molecule has 8 aromatic carbocycles. The van der Waals surface area contributed by atoms with Crippen molar-refractivity contribution < 1.29 is 0 Å². The molecule has 1 aliphatic carbocycles. The Morgan fingerprint density at radius 1 is 0.516 bits per heavy atom. The Labute approximate surface area is 380 Å². The van der Waals surface area contributed by atoms with E-state index in [0.717, 1.165) is 0 Å². The molecule has 0 N–H and O–H groups in total. The Bertz CT molecular complexity index is 3600. The number of rotatable bonds is 3. The summed E-state index contributed by atoms with van der Waals surface area (Å²) in [4.78, 5) is 2.72. The maximum atomic E-state index is 2.77. The number of fused-ring (bicyclic) bond motifs is 12. The molecule has 0 bridgehead atoms. The van der Waals surface area contributed by atoms with E-state index in [0.29, 0.717) is 0 Å². The Morgan fingerprint density at radius 2 is 1.19 bits per heavy atom. The van der Waals surface area contributed by atoms with Crippen molar-refractivity contribution >= 4 is 88.2 Å². The molecule has 0 atom stereocenters. The van der Waals surface area contributed by atoms with Crippen LogP contribution in [0.3, 0.4) is 0 Å². The molecule has 0 amide bonds. The third kappa shape index (κ3) is 5.27. The molecule has 0 saturated heterocycles. The van der Waals surface area contributed by atoms with Gasteiger partial charge in [-0.25, -0.2) is 0 Å². The second-order valence-electron chi connectivity index (χ2n) is 21.1. The molecular formula is C60H51BN2S. The molecule has 0 radical (unpaired) electrons. The van der Waals surface area contributed by atoms with Gasteiger partial charge in [0.2, 0.25) is 0 Å². The third-order valence-corrected chi connectivity index (χ3v) is 16.6. The molecule has 64 heavy (non-hydrogen) atoms. The van der Waals surface area contributed by atoms with Crippen LogP contribution in [0.25, 0.3) is 76.0 Å². The fraction of sp³-hybridized carbons (Fsp3) is 0.200. The van der Waals surface area contributed by atoms with Gasteiger partial charge in [-0.3, -0.25) is 0 Å². The van der Waals surface area contributed by atoms with Crippen molar-refractivity contribution in [1.82, 2.24) is 4.48 Å². The van der Waals surface area contributed by atoms with Gasteiger partial charge in [-0.15, -0.1) is 11.3 Å². The van der Waals surface area contributed by atoms with Crippen LogP contribution in [0.5, 0.6) is 0 Å². The van der Waals surface area contributed by atoms with E-state index < -0.39 is 0 Å². The first-order valence-corrected chi connectivity index (χ1v) is 24.0. The molecule has 3 aliphatic rings. The summed E-state index contributed by atoms with van der Waals surface area (Å²) >= 11 is 2.03. The number of hydrogen-bond acceptors (Lipinski definition) is 2. The number of para-hydroxylation sites is 1. The standard InChI is InChI=1S/C60H51BN2S/c1-58(2,3)40-26-28-50(45(33-40)37-19-12-9-13-20-37)62-51-32-39(36-17-10-8-11-18-36)31-46-43-24-16-23-42-44-27-25-38-21-14-15-22-41(38)54(44)63(55(42)43)61(53(46)51)57-56(62)47-34-48-49(35-52(47)64-57)60(6,7)30-29-59(48,4)5/h8-28,31-35H,29-30H2,1-7H3. The lowest BCUT2D eigenvalue weighted by Gasteiger charge is -2.42. The Balaban J connectivity index is 1.24. The van der Waals surface area contributed by atoms with Crippen molar-refractivity contribution in [2.75, 3.05) is 4.90 Å². The van der Waals surface area contributed by atoms with Gasteiger partial charge in [0, 0.05) is 58.9 Å². The zero-order chi connectivity index (χ0) is 43.4. The van der Waals surface area contributed by atoms with E-state index in [9.17, 15) is 0 Å². The van der Waals surface area contributed by atoms with Crippen LogP contribution in [0.2, 0.25) is 0 Å². The zero-order valence-corrected chi connectivity index (χ0v) is 38.6. The third-order valence-electron chi connectivity index (χ3n) is 15.4. The Kier molecular flexibility index (Phi) is 7.81. The minimum atomic E-state index is -0.0359. The summed E-state index contributed by atoms with van der Waals surface area (Å²) in [6.45, 7) is 16.9. The average molecular weight is 843 g/mol. The highest BCUT2D eigenvalue weighted by atomic mass is 32.1.